The Balaban J connectivity index is 0.00000180. The van der Waals surface area contributed by atoms with Gasteiger partial charge in [0.2, 0.25) is 6.33 Å². The van der Waals surface area contributed by atoms with E-state index in [2.05, 4.69) is 63.9 Å². The van der Waals surface area contributed by atoms with Crippen molar-refractivity contribution in [2.24, 2.45) is 7.05 Å². The van der Waals surface area contributed by atoms with E-state index < -0.39 is 0 Å². The van der Waals surface area contributed by atoms with Crippen LogP contribution in [0.15, 0.2) is 43.0 Å². The fraction of sp³-hybridized carbons (Fsp3) is 0.357. The van der Waals surface area contributed by atoms with Gasteiger partial charge < -0.3 is 21.7 Å². The number of hydrogen-bond donors (Lipinski definition) is 0. The fourth-order valence-corrected chi connectivity index (χ4v) is 2.11. The van der Waals surface area contributed by atoms with Gasteiger partial charge in [-0.25, -0.2) is 9.13 Å². The summed E-state index contributed by atoms with van der Waals surface area (Å²) in [7, 11) is 2.03. The molecule has 0 unspecified atom stereocenters. The first-order valence-corrected chi connectivity index (χ1v) is 7.15. The summed E-state index contributed by atoms with van der Waals surface area (Å²) in [6.07, 6.45) is 7.25. The van der Waals surface area contributed by atoms with E-state index >= 15 is 0 Å². The lowest BCUT2D eigenvalue weighted by molar-refractivity contribution is -0.671. The van der Waals surface area contributed by atoms with Gasteiger partial charge in [0, 0.05) is 9.99 Å². The third-order valence-electron chi connectivity index (χ3n) is 2.71. The molecule has 0 aliphatic heterocycles. The molecule has 0 saturated carbocycles. The van der Waals surface area contributed by atoms with Crippen LogP contribution in [0.3, 0.4) is 0 Å². The monoisotopic (exact) mass is 436 g/mol. The number of aryl methyl sites for hydroxylation is 2. The standard InChI is InChI=1S/C14H18IN2O.BrH/c1-16-8-9-17(12-16)7-2-10-18-11-13-3-5-14(15)6-4-13;/h3-6,8-9,12H,2,7,10-11H2,1H3;1H/q+1;/p-1. The van der Waals surface area contributed by atoms with Crippen molar-refractivity contribution in [2.75, 3.05) is 6.61 Å². The lowest BCUT2D eigenvalue weighted by atomic mass is 10.2. The minimum atomic E-state index is 0. The molecule has 19 heavy (non-hydrogen) atoms. The van der Waals surface area contributed by atoms with Gasteiger partial charge in [0.05, 0.1) is 26.8 Å². The molecule has 1 aromatic heterocycles. The summed E-state index contributed by atoms with van der Waals surface area (Å²) in [5.41, 5.74) is 1.24. The van der Waals surface area contributed by atoms with Gasteiger partial charge in [-0.3, -0.25) is 0 Å². The van der Waals surface area contributed by atoms with Crippen LogP contribution >= 0.6 is 22.6 Å². The highest BCUT2D eigenvalue weighted by Crippen LogP contribution is 2.07. The van der Waals surface area contributed by atoms with E-state index in [0.29, 0.717) is 6.61 Å². The van der Waals surface area contributed by atoms with Gasteiger partial charge in [-0.15, -0.1) is 0 Å². The SMILES string of the molecule is C[n+]1ccn(CCCOCc2ccc(I)cc2)c1.[Br-]. The Bertz CT molecular complexity index is 484. The molecule has 0 aliphatic carbocycles. The maximum atomic E-state index is 5.67. The van der Waals surface area contributed by atoms with E-state index in [1.807, 2.05) is 17.8 Å². The predicted octanol–water partition coefficient (Wildman–Crippen LogP) is -0.472. The van der Waals surface area contributed by atoms with E-state index in [9.17, 15) is 0 Å². The van der Waals surface area contributed by atoms with Crippen LogP contribution < -0.4 is 21.5 Å². The average Bonchev–Trinajstić information content (AvgIpc) is 2.77. The summed E-state index contributed by atoms with van der Waals surface area (Å²) in [5, 5.41) is 0. The van der Waals surface area contributed by atoms with Crippen LogP contribution in [-0.4, -0.2) is 11.2 Å². The zero-order chi connectivity index (χ0) is 12.8. The zero-order valence-electron chi connectivity index (χ0n) is 10.9. The number of ether oxygens (including phenoxy) is 1. The molecule has 1 aromatic carbocycles. The van der Waals surface area contributed by atoms with Crippen LogP contribution in [0.4, 0.5) is 0 Å². The Morgan fingerprint density at radius 2 is 2.00 bits per heavy atom. The number of rotatable bonds is 6. The second-order valence-corrected chi connectivity index (χ2v) is 5.60. The summed E-state index contributed by atoms with van der Waals surface area (Å²) in [5.74, 6) is 0. The maximum Gasteiger partial charge on any atom is 0.243 e. The maximum absolute atomic E-state index is 5.67. The van der Waals surface area contributed by atoms with E-state index in [4.69, 9.17) is 4.74 Å². The smallest absolute Gasteiger partial charge is 0.243 e. The molecule has 104 valence electrons. The molecule has 3 nitrogen and oxygen atoms in total. The summed E-state index contributed by atoms with van der Waals surface area (Å²) < 4.78 is 11.1. The molecule has 5 heteroatoms. The van der Waals surface area contributed by atoms with Gasteiger partial charge in [-0.1, -0.05) is 12.1 Å². The minimum absolute atomic E-state index is 0. The number of imidazole rings is 1. The number of aromatic nitrogens is 2. The molecule has 2 rings (SSSR count). The molecule has 0 atom stereocenters. The van der Waals surface area contributed by atoms with Crippen LogP contribution in [0, 0.1) is 3.57 Å². The highest BCUT2D eigenvalue weighted by Gasteiger charge is 1.99. The van der Waals surface area contributed by atoms with E-state index in [-0.39, 0.29) is 17.0 Å². The Labute approximate surface area is 138 Å². The van der Waals surface area contributed by atoms with Gasteiger partial charge in [0.1, 0.15) is 12.4 Å². The third kappa shape index (κ3) is 6.05. The Morgan fingerprint density at radius 1 is 1.26 bits per heavy atom. The quantitative estimate of drug-likeness (QED) is 0.340. The molecule has 2 aromatic rings. The summed E-state index contributed by atoms with van der Waals surface area (Å²) in [6, 6.07) is 8.46. The normalized spacial score (nSPS) is 10.2. The first-order valence-electron chi connectivity index (χ1n) is 6.07. The molecular formula is C14H18BrIN2O. The number of nitrogens with zero attached hydrogens (tertiary/aromatic N) is 2. The largest absolute Gasteiger partial charge is 1.00 e. The van der Waals surface area contributed by atoms with Crippen molar-refractivity contribution in [1.29, 1.82) is 0 Å². The number of halogens is 2. The number of hydrogen-bond acceptors (Lipinski definition) is 1. The van der Waals surface area contributed by atoms with Crippen LogP contribution in [0.1, 0.15) is 12.0 Å². The highest BCUT2D eigenvalue weighted by atomic mass is 127. The Hall–Kier alpha value is -0.400. The summed E-state index contributed by atoms with van der Waals surface area (Å²) >= 11 is 2.31. The van der Waals surface area contributed by atoms with Crippen molar-refractivity contribution in [3.63, 3.8) is 0 Å². The Morgan fingerprint density at radius 3 is 2.63 bits per heavy atom. The molecule has 0 radical (unpaired) electrons. The van der Waals surface area contributed by atoms with Gasteiger partial charge in [0.15, 0.2) is 0 Å². The first-order chi connectivity index (χ1) is 8.74. The molecule has 0 fully saturated rings. The molecule has 0 bridgehead atoms. The fourth-order valence-electron chi connectivity index (χ4n) is 1.75. The van der Waals surface area contributed by atoms with Crippen molar-refractivity contribution >= 4 is 22.6 Å². The topological polar surface area (TPSA) is 18.0 Å². The Kier molecular flexibility index (Phi) is 7.63. The van der Waals surface area contributed by atoms with Crippen LogP contribution in [-0.2, 0) is 24.9 Å². The second-order valence-electron chi connectivity index (χ2n) is 4.35. The van der Waals surface area contributed by atoms with E-state index in [1.165, 1.54) is 9.13 Å². The molecular weight excluding hydrogens is 419 g/mol. The highest BCUT2D eigenvalue weighted by molar-refractivity contribution is 14.1. The lowest BCUT2D eigenvalue weighted by Gasteiger charge is -2.03. The summed E-state index contributed by atoms with van der Waals surface area (Å²) in [4.78, 5) is 0. The van der Waals surface area contributed by atoms with Crippen molar-refractivity contribution in [2.45, 2.75) is 19.6 Å². The van der Waals surface area contributed by atoms with Crippen molar-refractivity contribution in [1.82, 2.24) is 4.57 Å². The van der Waals surface area contributed by atoms with Crippen molar-refractivity contribution in [3.8, 4) is 0 Å². The predicted molar refractivity (Wildman–Crippen MR) is 79.0 cm³/mol. The molecule has 0 aliphatic rings. The lowest BCUT2D eigenvalue weighted by Crippen LogP contribution is -3.00. The molecule has 0 N–H and O–H groups in total. The van der Waals surface area contributed by atoms with Gasteiger partial charge in [0.25, 0.3) is 0 Å². The molecule has 0 spiro atoms. The zero-order valence-corrected chi connectivity index (χ0v) is 14.7. The van der Waals surface area contributed by atoms with Gasteiger partial charge in [-0.05, 0) is 40.3 Å². The number of benzene rings is 1. The van der Waals surface area contributed by atoms with Gasteiger partial charge >= 0.3 is 0 Å². The first kappa shape index (κ1) is 16.7. The van der Waals surface area contributed by atoms with E-state index in [0.717, 1.165) is 19.6 Å². The average molecular weight is 437 g/mol. The molecule has 1 heterocycles. The molecule has 0 saturated heterocycles. The van der Waals surface area contributed by atoms with Crippen LogP contribution in [0.25, 0.3) is 0 Å². The van der Waals surface area contributed by atoms with Crippen molar-refractivity contribution < 1.29 is 26.3 Å². The third-order valence-corrected chi connectivity index (χ3v) is 3.43. The van der Waals surface area contributed by atoms with Crippen LogP contribution in [0.2, 0.25) is 0 Å². The second kappa shape index (κ2) is 8.71. The van der Waals surface area contributed by atoms with Crippen molar-refractivity contribution in [3.05, 3.63) is 52.1 Å². The summed E-state index contributed by atoms with van der Waals surface area (Å²) in [6.45, 7) is 2.51. The van der Waals surface area contributed by atoms with E-state index in [1.54, 1.807) is 0 Å². The minimum Gasteiger partial charge on any atom is -1.00 e. The van der Waals surface area contributed by atoms with Gasteiger partial charge in [-0.2, -0.15) is 0 Å². The molecule has 0 amide bonds. The van der Waals surface area contributed by atoms with Crippen LogP contribution in [0.5, 0.6) is 0 Å².